The van der Waals surface area contributed by atoms with Crippen LogP contribution in [0, 0.1) is 17.8 Å². The first-order chi connectivity index (χ1) is 20.1. The van der Waals surface area contributed by atoms with E-state index in [4.69, 9.17) is 16.3 Å². The SMILES string of the molecule is CC(C)C[C@H](CO)N1C(=O)[C@@H]2[C@H]3C(=O)N(c4ccccc4)CC=C[C@@]3(C)O[C@@]23C=CCN(c2ccccc2Cl)C(=O)C13. The third-order valence-electron chi connectivity index (χ3n) is 9.05. The Kier molecular flexibility index (Phi) is 7.28. The molecule has 6 atom stereocenters. The molecule has 3 amide bonds. The zero-order valence-electron chi connectivity index (χ0n) is 24.0. The van der Waals surface area contributed by atoms with Gasteiger partial charge in [-0.3, -0.25) is 14.4 Å². The average Bonchev–Trinajstić information content (AvgIpc) is 3.24. The summed E-state index contributed by atoms with van der Waals surface area (Å²) in [5, 5.41) is 11.0. The van der Waals surface area contributed by atoms with Gasteiger partial charge in [0.1, 0.15) is 11.6 Å². The van der Waals surface area contributed by atoms with Gasteiger partial charge in [-0.15, -0.1) is 0 Å². The van der Waals surface area contributed by atoms with Crippen molar-refractivity contribution in [3.05, 3.63) is 83.9 Å². The number of aliphatic hydroxyl groups excluding tert-OH is 1. The second-order valence-corrected chi connectivity index (χ2v) is 12.6. The van der Waals surface area contributed by atoms with Gasteiger partial charge < -0.3 is 24.5 Å². The zero-order valence-corrected chi connectivity index (χ0v) is 24.8. The minimum Gasteiger partial charge on any atom is -0.394 e. The molecule has 6 rings (SSSR count). The van der Waals surface area contributed by atoms with E-state index in [-0.39, 0.29) is 36.8 Å². The fraction of sp³-hybridized carbons (Fsp3) is 0.424. The lowest BCUT2D eigenvalue weighted by molar-refractivity contribution is -0.148. The van der Waals surface area contributed by atoms with Crippen LogP contribution in [0.15, 0.2) is 78.9 Å². The molecule has 1 N–H and O–H groups in total. The summed E-state index contributed by atoms with van der Waals surface area (Å²) in [5.74, 6) is -2.67. The van der Waals surface area contributed by atoms with Gasteiger partial charge in [-0.25, -0.2) is 0 Å². The molecule has 4 aliphatic rings. The number of ether oxygens (including phenoxy) is 1. The normalized spacial score (nSPS) is 31.2. The fourth-order valence-corrected chi connectivity index (χ4v) is 7.64. The summed E-state index contributed by atoms with van der Waals surface area (Å²) in [7, 11) is 0. The monoisotopic (exact) mass is 589 g/mol. The summed E-state index contributed by atoms with van der Waals surface area (Å²) in [6.07, 6.45) is 7.89. The van der Waals surface area contributed by atoms with Gasteiger partial charge in [0.05, 0.1) is 40.8 Å². The smallest absolute Gasteiger partial charge is 0.253 e. The van der Waals surface area contributed by atoms with Crippen molar-refractivity contribution in [2.45, 2.75) is 50.5 Å². The van der Waals surface area contributed by atoms with Crippen LogP contribution in [0.25, 0.3) is 0 Å². The van der Waals surface area contributed by atoms with Crippen molar-refractivity contribution in [2.24, 2.45) is 17.8 Å². The average molecular weight is 590 g/mol. The number of fused-ring (bicyclic) bond motifs is 2. The van der Waals surface area contributed by atoms with E-state index < -0.39 is 35.1 Å². The Morgan fingerprint density at radius 1 is 0.905 bits per heavy atom. The third kappa shape index (κ3) is 4.31. The van der Waals surface area contributed by atoms with Crippen molar-refractivity contribution in [1.82, 2.24) is 4.90 Å². The van der Waals surface area contributed by atoms with Crippen molar-refractivity contribution >= 4 is 40.7 Å². The van der Waals surface area contributed by atoms with Gasteiger partial charge in [-0.05, 0) is 43.5 Å². The van der Waals surface area contributed by atoms with Gasteiger partial charge in [-0.1, -0.05) is 80.1 Å². The number of amides is 3. The Hall–Kier alpha value is -3.46. The van der Waals surface area contributed by atoms with Crippen LogP contribution in [-0.2, 0) is 19.1 Å². The molecule has 0 radical (unpaired) electrons. The number of nitrogens with zero attached hydrogens (tertiary/aromatic N) is 3. The highest BCUT2D eigenvalue weighted by Gasteiger charge is 2.75. The molecule has 220 valence electrons. The van der Waals surface area contributed by atoms with Crippen LogP contribution in [0.5, 0.6) is 0 Å². The van der Waals surface area contributed by atoms with E-state index in [0.29, 0.717) is 23.7 Å². The zero-order chi connectivity index (χ0) is 29.8. The molecule has 1 unspecified atom stereocenters. The predicted molar refractivity (Wildman–Crippen MR) is 161 cm³/mol. The first-order valence-electron chi connectivity index (χ1n) is 14.5. The van der Waals surface area contributed by atoms with Crippen LogP contribution >= 0.6 is 11.6 Å². The maximum Gasteiger partial charge on any atom is 0.253 e. The number of aliphatic hydroxyl groups is 1. The summed E-state index contributed by atoms with van der Waals surface area (Å²) < 4.78 is 6.92. The lowest BCUT2D eigenvalue weighted by atomic mass is 9.74. The maximum absolute atomic E-state index is 14.7. The summed E-state index contributed by atoms with van der Waals surface area (Å²) in [5.41, 5.74) is -1.31. The van der Waals surface area contributed by atoms with Gasteiger partial charge in [0, 0.05) is 18.8 Å². The van der Waals surface area contributed by atoms with E-state index in [1.807, 2.05) is 75.4 Å². The predicted octanol–water partition coefficient (Wildman–Crippen LogP) is 4.22. The van der Waals surface area contributed by atoms with Crippen molar-refractivity contribution in [2.75, 3.05) is 29.5 Å². The molecule has 0 aromatic heterocycles. The molecular formula is C33H36ClN3O5. The van der Waals surface area contributed by atoms with E-state index in [9.17, 15) is 19.5 Å². The first kappa shape index (κ1) is 28.6. The number of anilines is 2. The van der Waals surface area contributed by atoms with E-state index in [0.717, 1.165) is 5.69 Å². The van der Waals surface area contributed by atoms with Gasteiger partial charge in [0.15, 0.2) is 0 Å². The highest BCUT2D eigenvalue weighted by Crippen LogP contribution is 2.58. The third-order valence-corrected chi connectivity index (χ3v) is 9.37. The molecule has 42 heavy (non-hydrogen) atoms. The van der Waals surface area contributed by atoms with E-state index >= 15 is 0 Å². The van der Waals surface area contributed by atoms with Crippen LogP contribution < -0.4 is 9.80 Å². The number of benzene rings is 2. The molecular weight excluding hydrogens is 554 g/mol. The maximum atomic E-state index is 14.7. The summed E-state index contributed by atoms with van der Waals surface area (Å²) in [4.78, 5) is 48.6. The van der Waals surface area contributed by atoms with Crippen molar-refractivity contribution < 1.29 is 24.2 Å². The van der Waals surface area contributed by atoms with Crippen LogP contribution in [0.2, 0.25) is 5.02 Å². The molecule has 2 aromatic carbocycles. The summed E-state index contributed by atoms with van der Waals surface area (Å²) in [6, 6.07) is 14.7. The fourth-order valence-electron chi connectivity index (χ4n) is 7.40. The molecule has 2 fully saturated rings. The standard InChI is InChI=1S/C33H36ClN3O5/c1-21(2)19-23(20-38)37-28-31(41)36(25-14-8-7-13-24(25)34)18-10-16-33(28)27(30(37)40)26-29(39)35(22-11-5-4-6-12-22)17-9-15-32(26,3)42-33/h4-16,21,23,26-28,38H,17-20H2,1-3H3/t23-,26+,27+,28?,32-,33+/m1/s1. The van der Waals surface area contributed by atoms with Crippen molar-refractivity contribution in [1.29, 1.82) is 0 Å². The van der Waals surface area contributed by atoms with Crippen LogP contribution in [0.1, 0.15) is 27.2 Å². The first-order valence-corrected chi connectivity index (χ1v) is 14.9. The quantitative estimate of drug-likeness (QED) is 0.510. The number of likely N-dealkylation sites (tertiary alicyclic amines) is 1. The molecule has 0 bridgehead atoms. The molecule has 4 heterocycles. The van der Waals surface area contributed by atoms with Crippen LogP contribution in [0.4, 0.5) is 11.4 Å². The molecule has 0 saturated carbocycles. The molecule has 0 aliphatic carbocycles. The number of hydrogen-bond acceptors (Lipinski definition) is 5. The number of carbonyl (C=O) groups excluding carboxylic acids is 3. The molecule has 9 heteroatoms. The lowest BCUT2D eigenvalue weighted by Crippen LogP contribution is -2.59. The number of hydrogen-bond donors (Lipinski definition) is 1. The highest BCUT2D eigenvalue weighted by atomic mass is 35.5. The topological polar surface area (TPSA) is 90.4 Å². The molecule has 4 aliphatic heterocycles. The molecule has 2 saturated heterocycles. The summed E-state index contributed by atoms with van der Waals surface area (Å²) >= 11 is 6.56. The molecule has 2 aromatic rings. The van der Waals surface area contributed by atoms with E-state index in [1.54, 1.807) is 34.1 Å². The van der Waals surface area contributed by atoms with Gasteiger partial charge >= 0.3 is 0 Å². The minimum atomic E-state index is -1.42. The Labute approximate surface area is 251 Å². The highest BCUT2D eigenvalue weighted by molar-refractivity contribution is 6.34. The number of rotatable bonds is 6. The Balaban J connectivity index is 1.51. The molecule has 8 nitrogen and oxygen atoms in total. The Bertz CT molecular complexity index is 1460. The summed E-state index contributed by atoms with van der Waals surface area (Å²) in [6.45, 7) is 6.08. The Morgan fingerprint density at radius 3 is 2.26 bits per heavy atom. The lowest BCUT2D eigenvalue weighted by Gasteiger charge is -2.40. The number of halogens is 1. The second kappa shape index (κ2) is 10.7. The van der Waals surface area contributed by atoms with E-state index in [1.165, 1.54) is 4.90 Å². The minimum absolute atomic E-state index is 0.143. The number of carbonyl (C=O) groups is 3. The van der Waals surface area contributed by atoms with Gasteiger partial charge in [0.25, 0.3) is 5.91 Å². The number of para-hydroxylation sites is 2. The van der Waals surface area contributed by atoms with Crippen LogP contribution in [-0.4, -0.2) is 70.7 Å². The largest absolute Gasteiger partial charge is 0.394 e. The molecule has 1 spiro atoms. The van der Waals surface area contributed by atoms with Crippen molar-refractivity contribution in [3.63, 3.8) is 0 Å². The van der Waals surface area contributed by atoms with Crippen molar-refractivity contribution in [3.8, 4) is 0 Å². The van der Waals surface area contributed by atoms with E-state index in [2.05, 4.69) is 0 Å². The Morgan fingerprint density at radius 2 is 1.57 bits per heavy atom. The van der Waals surface area contributed by atoms with Gasteiger partial charge in [-0.2, -0.15) is 0 Å². The van der Waals surface area contributed by atoms with Gasteiger partial charge in [0.2, 0.25) is 11.8 Å². The second-order valence-electron chi connectivity index (χ2n) is 12.2. The van der Waals surface area contributed by atoms with Crippen LogP contribution in [0.3, 0.4) is 0 Å².